The molecule has 0 aliphatic heterocycles. The molecule has 0 spiro atoms. The quantitative estimate of drug-likeness (QED) is 0.515. The molecule has 42 valence electrons. The Hall–Kier alpha value is 0.580. The van der Waals surface area contributed by atoms with Crippen LogP contribution in [0.2, 0.25) is 0 Å². The molecule has 1 rings (SSSR count). The van der Waals surface area contributed by atoms with Gasteiger partial charge >= 0.3 is 0 Å². The summed E-state index contributed by atoms with van der Waals surface area (Å²) in [5, 5.41) is 0. The van der Waals surface area contributed by atoms with Gasteiger partial charge in [0.15, 0.2) is 0 Å². The Kier molecular flexibility index (Phi) is 1.49. The maximum absolute atomic E-state index is 5.86. The Morgan fingerprint density at radius 1 is 1.43 bits per heavy atom. The van der Waals surface area contributed by atoms with Crippen molar-refractivity contribution in [3.63, 3.8) is 0 Å². The van der Waals surface area contributed by atoms with Crippen LogP contribution in [0.25, 0.3) is 0 Å². The monoisotopic (exact) mass is 138 g/mol. The van der Waals surface area contributed by atoms with Crippen LogP contribution in [-0.4, -0.2) is 10.8 Å². The zero-order valence-electron chi connectivity index (χ0n) is 4.08. The molecule has 0 N–H and O–H groups in total. The van der Waals surface area contributed by atoms with E-state index in [0.717, 1.165) is 6.42 Å². The Balaban J connectivity index is 2.13. The third kappa shape index (κ3) is 1.50. The summed E-state index contributed by atoms with van der Waals surface area (Å²) in [5.41, 5.74) is 0. The molecule has 1 saturated carbocycles. The topological polar surface area (TPSA) is 0 Å². The molecule has 1 aliphatic carbocycles. The maximum atomic E-state index is 5.86. The molecule has 0 aromatic rings. The van der Waals surface area contributed by atoms with Gasteiger partial charge in [-0.15, -0.1) is 23.2 Å². The SMILES string of the molecule is ClCCC1(Cl)CC1. The van der Waals surface area contributed by atoms with Crippen molar-refractivity contribution in [2.75, 3.05) is 5.88 Å². The van der Waals surface area contributed by atoms with E-state index in [1.807, 2.05) is 0 Å². The zero-order chi connectivity index (χ0) is 5.33. The minimum Gasteiger partial charge on any atom is -0.127 e. The highest BCUT2D eigenvalue weighted by Gasteiger charge is 2.39. The molecule has 1 fully saturated rings. The minimum atomic E-state index is 0.141. The van der Waals surface area contributed by atoms with Crippen LogP contribution in [0.3, 0.4) is 0 Å². The van der Waals surface area contributed by atoms with Gasteiger partial charge in [-0.25, -0.2) is 0 Å². The highest BCUT2D eigenvalue weighted by molar-refractivity contribution is 6.26. The van der Waals surface area contributed by atoms with Crippen LogP contribution in [0.1, 0.15) is 19.3 Å². The average molecular weight is 139 g/mol. The molecule has 0 nitrogen and oxygen atoms in total. The third-order valence-corrected chi connectivity index (χ3v) is 2.09. The van der Waals surface area contributed by atoms with E-state index >= 15 is 0 Å². The van der Waals surface area contributed by atoms with E-state index < -0.39 is 0 Å². The van der Waals surface area contributed by atoms with Gasteiger partial charge in [0.2, 0.25) is 0 Å². The Bertz CT molecular complexity index is 66.5. The summed E-state index contributed by atoms with van der Waals surface area (Å²) >= 11 is 11.3. The van der Waals surface area contributed by atoms with Crippen molar-refractivity contribution < 1.29 is 0 Å². The number of hydrogen-bond donors (Lipinski definition) is 0. The van der Waals surface area contributed by atoms with Gasteiger partial charge in [0.1, 0.15) is 0 Å². The van der Waals surface area contributed by atoms with Crippen molar-refractivity contribution in [3.8, 4) is 0 Å². The van der Waals surface area contributed by atoms with Gasteiger partial charge < -0.3 is 0 Å². The summed E-state index contributed by atoms with van der Waals surface area (Å²) in [7, 11) is 0. The zero-order valence-corrected chi connectivity index (χ0v) is 5.60. The molecule has 0 bridgehead atoms. The normalized spacial score (nSPS) is 24.9. The lowest BCUT2D eigenvalue weighted by Crippen LogP contribution is -1.96. The van der Waals surface area contributed by atoms with Gasteiger partial charge in [0.05, 0.1) is 0 Å². The van der Waals surface area contributed by atoms with E-state index in [2.05, 4.69) is 0 Å². The molecule has 0 aromatic carbocycles. The first kappa shape index (κ1) is 5.71. The smallest absolute Gasteiger partial charge is 0.0459 e. The Morgan fingerprint density at radius 3 is 2.14 bits per heavy atom. The van der Waals surface area contributed by atoms with Crippen molar-refractivity contribution in [1.82, 2.24) is 0 Å². The van der Waals surface area contributed by atoms with E-state index in [1.165, 1.54) is 12.8 Å². The Labute approximate surface area is 53.8 Å². The van der Waals surface area contributed by atoms with Gasteiger partial charge in [0, 0.05) is 10.8 Å². The fourth-order valence-corrected chi connectivity index (χ4v) is 1.20. The van der Waals surface area contributed by atoms with Gasteiger partial charge in [0.25, 0.3) is 0 Å². The summed E-state index contributed by atoms with van der Waals surface area (Å²) in [5.74, 6) is 0.712. The summed E-state index contributed by atoms with van der Waals surface area (Å²) in [6.07, 6.45) is 3.32. The van der Waals surface area contributed by atoms with Crippen LogP contribution in [0, 0.1) is 0 Å². The van der Waals surface area contributed by atoms with Gasteiger partial charge in [-0.1, -0.05) is 0 Å². The van der Waals surface area contributed by atoms with Crippen molar-refractivity contribution in [2.24, 2.45) is 0 Å². The molecule has 7 heavy (non-hydrogen) atoms. The van der Waals surface area contributed by atoms with Crippen LogP contribution >= 0.6 is 23.2 Å². The summed E-state index contributed by atoms with van der Waals surface area (Å²) in [6.45, 7) is 0. The van der Waals surface area contributed by atoms with E-state index in [4.69, 9.17) is 23.2 Å². The van der Waals surface area contributed by atoms with Gasteiger partial charge in [-0.3, -0.25) is 0 Å². The van der Waals surface area contributed by atoms with Gasteiger partial charge in [-0.2, -0.15) is 0 Å². The molecular formula is C5H8Cl2. The molecule has 0 saturated heterocycles. The standard InChI is InChI=1S/C5H8Cl2/c6-4-3-5(7)1-2-5/h1-4H2. The van der Waals surface area contributed by atoms with Crippen LogP contribution in [-0.2, 0) is 0 Å². The average Bonchev–Trinajstić information content (AvgIpc) is 2.22. The molecule has 2 heteroatoms. The lowest BCUT2D eigenvalue weighted by atomic mass is 10.3. The molecule has 0 aromatic heterocycles. The third-order valence-electron chi connectivity index (χ3n) is 1.34. The molecule has 0 amide bonds. The lowest BCUT2D eigenvalue weighted by molar-refractivity contribution is 0.847. The minimum absolute atomic E-state index is 0.141. The molecule has 0 radical (unpaired) electrons. The van der Waals surface area contributed by atoms with Crippen molar-refractivity contribution in [2.45, 2.75) is 24.1 Å². The van der Waals surface area contributed by atoms with E-state index in [9.17, 15) is 0 Å². The summed E-state index contributed by atoms with van der Waals surface area (Å²) in [4.78, 5) is 0.141. The fourth-order valence-electron chi connectivity index (χ4n) is 0.555. The van der Waals surface area contributed by atoms with Crippen molar-refractivity contribution >= 4 is 23.2 Å². The summed E-state index contributed by atoms with van der Waals surface area (Å²) < 4.78 is 0. The highest BCUT2D eigenvalue weighted by atomic mass is 35.5. The molecule has 0 atom stereocenters. The van der Waals surface area contributed by atoms with Crippen molar-refractivity contribution in [1.29, 1.82) is 0 Å². The molecule has 1 aliphatic rings. The second kappa shape index (κ2) is 1.83. The number of halogens is 2. The maximum Gasteiger partial charge on any atom is 0.0459 e. The second-order valence-electron chi connectivity index (χ2n) is 2.09. The summed E-state index contributed by atoms with van der Waals surface area (Å²) in [6, 6.07) is 0. The molecule has 0 unspecified atom stereocenters. The molecule has 0 heterocycles. The Morgan fingerprint density at radius 2 is 2.00 bits per heavy atom. The van der Waals surface area contributed by atoms with Crippen LogP contribution < -0.4 is 0 Å². The first-order chi connectivity index (χ1) is 3.27. The van der Waals surface area contributed by atoms with Crippen LogP contribution in [0.4, 0.5) is 0 Å². The van der Waals surface area contributed by atoms with Crippen molar-refractivity contribution in [3.05, 3.63) is 0 Å². The number of rotatable bonds is 2. The first-order valence-corrected chi connectivity index (χ1v) is 3.43. The number of alkyl halides is 2. The number of hydrogen-bond acceptors (Lipinski definition) is 0. The van der Waals surface area contributed by atoms with Crippen LogP contribution in [0.5, 0.6) is 0 Å². The van der Waals surface area contributed by atoms with E-state index in [-0.39, 0.29) is 4.87 Å². The fraction of sp³-hybridized carbons (Fsp3) is 1.00. The first-order valence-electron chi connectivity index (χ1n) is 2.52. The molecular weight excluding hydrogens is 131 g/mol. The highest BCUT2D eigenvalue weighted by Crippen LogP contribution is 2.45. The van der Waals surface area contributed by atoms with E-state index in [1.54, 1.807) is 0 Å². The predicted molar refractivity (Wildman–Crippen MR) is 33.2 cm³/mol. The van der Waals surface area contributed by atoms with Crippen LogP contribution in [0.15, 0.2) is 0 Å². The predicted octanol–water partition coefficient (Wildman–Crippen LogP) is 2.39. The second-order valence-corrected chi connectivity index (χ2v) is 3.27. The van der Waals surface area contributed by atoms with Gasteiger partial charge in [-0.05, 0) is 19.3 Å². The largest absolute Gasteiger partial charge is 0.127 e. The lowest BCUT2D eigenvalue weighted by Gasteiger charge is -1.97. The van der Waals surface area contributed by atoms with E-state index in [0.29, 0.717) is 5.88 Å².